The molecule has 2 rings (SSSR count). The molecule has 1 fully saturated rings. The summed E-state index contributed by atoms with van der Waals surface area (Å²) in [5, 5.41) is 6.00. The van der Waals surface area contributed by atoms with Crippen LogP contribution in [-0.2, 0) is 19.1 Å². The fourth-order valence-electron chi connectivity index (χ4n) is 2.65. The van der Waals surface area contributed by atoms with Gasteiger partial charge < -0.3 is 25.2 Å². The molecular weight excluding hydrogens is 396 g/mol. The lowest BCUT2D eigenvalue weighted by molar-refractivity contribution is -0.136. The maximum absolute atomic E-state index is 12.5. The quantitative estimate of drug-likeness (QED) is 0.471. The van der Waals surface area contributed by atoms with Crippen LogP contribution < -0.4 is 15.5 Å². The smallest absolute Gasteiger partial charge is 0.232 e. The van der Waals surface area contributed by atoms with E-state index in [1.54, 1.807) is 7.11 Å². The number of carbonyl (C=O) groups is 3. The van der Waals surface area contributed by atoms with Crippen LogP contribution in [0.25, 0.3) is 0 Å². The van der Waals surface area contributed by atoms with Gasteiger partial charge in [-0.2, -0.15) is 4.37 Å². The van der Waals surface area contributed by atoms with Gasteiger partial charge in [0.25, 0.3) is 0 Å². The van der Waals surface area contributed by atoms with Crippen molar-refractivity contribution >= 4 is 34.4 Å². The predicted octanol–water partition coefficient (Wildman–Crippen LogP) is -0.460. The molecule has 158 valence electrons. The first-order chi connectivity index (χ1) is 13.9. The van der Waals surface area contributed by atoms with Gasteiger partial charge in [-0.25, -0.2) is 4.98 Å². The Morgan fingerprint density at radius 3 is 2.90 bits per heavy atom. The third-order valence-corrected chi connectivity index (χ3v) is 5.21. The molecule has 1 aromatic rings. The number of anilines is 1. The molecular formula is C18H26N6O4S. The van der Waals surface area contributed by atoms with Crippen LogP contribution >= 0.6 is 11.5 Å². The molecule has 1 unspecified atom stereocenters. The van der Waals surface area contributed by atoms with Gasteiger partial charge in [-0.3, -0.25) is 14.4 Å². The first-order valence-corrected chi connectivity index (χ1v) is 10.1. The fourth-order valence-corrected chi connectivity index (χ4v) is 3.44. The van der Waals surface area contributed by atoms with Crippen LogP contribution in [0.15, 0.2) is 0 Å². The minimum atomic E-state index is -0.436. The van der Waals surface area contributed by atoms with E-state index in [9.17, 15) is 14.4 Å². The molecule has 2 N–H and O–H groups in total. The van der Waals surface area contributed by atoms with Gasteiger partial charge in [0, 0.05) is 57.8 Å². The van der Waals surface area contributed by atoms with Crippen LogP contribution in [0.2, 0.25) is 0 Å². The molecule has 1 aliphatic rings. The molecule has 1 atom stereocenters. The van der Waals surface area contributed by atoms with Crippen molar-refractivity contribution in [3.05, 3.63) is 5.82 Å². The Hall–Kier alpha value is -2.71. The van der Waals surface area contributed by atoms with Crippen LogP contribution in [0, 0.1) is 12.3 Å². The molecule has 0 spiro atoms. The first kappa shape index (κ1) is 22.6. The summed E-state index contributed by atoms with van der Waals surface area (Å²) in [6, 6.07) is 0. The number of hydrogen-bond donors (Lipinski definition) is 2. The lowest BCUT2D eigenvalue weighted by Gasteiger charge is -2.29. The number of rotatable bonds is 6. The highest BCUT2D eigenvalue weighted by Gasteiger charge is 2.22. The number of ether oxygens (including phenoxy) is 1. The van der Waals surface area contributed by atoms with Gasteiger partial charge in [-0.15, -0.1) is 6.42 Å². The van der Waals surface area contributed by atoms with E-state index < -0.39 is 5.91 Å². The Morgan fingerprint density at radius 1 is 1.38 bits per heavy atom. The van der Waals surface area contributed by atoms with Crippen molar-refractivity contribution in [2.45, 2.75) is 25.9 Å². The number of methoxy groups -OCH3 is 1. The zero-order valence-electron chi connectivity index (χ0n) is 16.6. The molecule has 29 heavy (non-hydrogen) atoms. The lowest BCUT2D eigenvalue weighted by atomic mass is 10.2. The van der Waals surface area contributed by atoms with E-state index >= 15 is 0 Å². The van der Waals surface area contributed by atoms with Gasteiger partial charge in [-0.1, -0.05) is 5.92 Å². The topological polar surface area (TPSA) is 117 Å². The van der Waals surface area contributed by atoms with Crippen molar-refractivity contribution in [1.82, 2.24) is 24.9 Å². The number of aromatic nitrogens is 2. The highest BCUT2D eigenvalue weighted by atomic mass is 32.1. The van der Waals surface area contributed by atoms with Crippen LogP contribution in [0.3, 0.4) is 0 Å². The van der Waals surface area contributed by atoms with Gasteiger partial charge in [0.1, 0.15) is 12.5 Å². The summed E-state index contributed by atoms with van der Waals surface area (Å²) in [6.07, 6.45) is 4.76. The lowest BCUT2D eigenvalue weighted by Crippen LogP contribution is -2.46. The van der Waals surface area contributed by atoms with Crippen molar-refractivity contribution in [2.75, 3.05) is 51.3 Å². The molecule has 1 aromatic heterocycles. The zero-order chi connectivity index (χ0) is 21.2. The van der Waals surface area contributed by atoms with Crippen LogP contribution in [-0.4, -0.2) is 78.4 Å². The van der Waals surface area contributed by atoms with E-state index in [2.05, 4.69) is 25.9 Å². The SMILES string of the molecule is C#CCNC(=O)CC(=O)N1CCC(=O)NCCN(c2nc(C(C)OC)ns2)CC1. The van der Waals surface area contributed by atoms with Crippen molar-refractivity contribution in [3.8, 4) is 12.3 Å². The summed E-state index contributed by atoms with van der Waals surface area (Å²) in [7, 11) is 1.59. The summed E-state index contributed by atoms with van der Waals surface area (Å²) in [6.45, 7) is 4.04. The third-order valence-electron chi connectivity index (χ3n) is 4.42. The van der Waals surface area contributed by atoms with Crippen molar-refractivity contribution in [1.29, 1.82) is 0 Å². The van der Waals surface area contributed by atoms with E-state index in [4.69, 9.17) is 11.2 Å². The Kier molecular flexibility index (Phi) is 8.82. The summed E-state index contributed by atoms with van der Waals surface area (Å²) in [4.78, 5) is 44.3. The largest absolute Gasteiger partial charge is 0.374 e. The highest BCUT2D eigenvalue weighted by Crippen LogP contribution is 2.22. The Labute approximate surface area is 174 Å². The van der Waals surface area contributed by atoms with E-state index in [0.29, 0.717) is 37.1 Å². The molecule has 1 aliphatic heterocycles. The molecule has 1 saturated heterocycles. The number of hydrogen-bond acceptors (Lipinski definition) is 8. The summed E-state index contributed by atoms with van der Waals surface area (Å²) < 4.78 is 9.57. The van der Waals surface area contributed by atoms with Gasteiger partial charge in [-0.05, 0) is 6.92 Å². The monoisotopic (exact) mass is 422 g/mol. The van der Waals surface area contributed by atoms with E-state index in [0.717, 1.165) is 0 Å². The minimum Gasteiger partial charge on any atom is -0.374 e. The Morgan fingerprint density at radius 2 is 2.17 bits per heavy atom. The number of carbonyl (C=O) groups excluding carboxylic acids is 3. The molecule has 0 aromatic carbocycles. The standard InChI is InChI=1S/C18H26N6O4S/c1-4-6-19-15(26)12-16(27)23-8-5-14(25)20-7-9-24(11-10-23)18-21-17(22-29-18)13(2)28-3/h1,13H,5-12H2,2-3H3,(H,19,26)(H,20,25). The van der Waals surface area contributed by atoms with E-state index in [-0.39, 0.29) is 43.8 Å². The van der Waals surface area contributed by atoms with Gasteiger partial charge in [0.15, 0.2) is 5.82 Å². The summed E-state index contributed by atoms with van der Waals surface area (Å²) in [5.74, 6) is 1.95. The molecule has 11 heteroatoms. The fraction of sp³-hybridized carbons (Fsp3) is 0.611. The van der Waals surface area contributed by atoms with Gasteiger partial charge in [0.05, 0.1) is 6.54 Å². The minimum absolute atomic E-state index is 0.0710. The van der Waals surface area contributed by atoms with Crippen LogP contribution in [0.4, 0.5) is 5.13 Å². The maximum Gasteiger partial charge on any atom is 0.232 e. The van der Waals surface area contributed by atoms with E-state index in [1.807, 2.05) is 11.8 Å². The first-order valence-electron chi connectivity index (χ1n) is 9.30. The van der Waals surface area contributed by atoms with Crippen LogP contribution in [0.5, 0.6) is 0 Å². The summed E-state index contributed by atoms with van der Waals surface area (Å²) in [5.41, 5.74) is 0. The van der Waals surface area contributed by atoms with Crippen molar-refractivity contribution in [3.63, 3.8) is 0 Å². The Bertz CT molecular complexity index is 762. The van der Waals surface area contributed by atoms with Gasteiger partial charge in [0.2, 0.25) is 22.9 Å². The van der Waals surface area contributed by atoms with Crippen LogP contribution in [0.1, 0.15) is 31.7 Å². The zero-order valence-corrected chi connectivity index (χ0v) is 17.5. The number of nitrogens with zero attached hydrogens (tertiary/aromatic N) is 4. The third kappa shape index (κ3) is 6.99. The predicted molar refractivity (Wildman–Crippen MR) is 108 cm³/mol. The van der Waals surface area contributed by atoms with Crippen molar-refractivity contribution < 1.29 is 19.1 Å². The number of amides is 3. The number of nitrogens with one attached hydrogen (secondary N) is 2. The molecule has 0 saturated carbocycles. The molecule has 3 amide bonds. The average molecular weight is 423 g/mol. The molecule has 10 nitrogen and oxygen atoms in total. The second kappa shape index (κ2) is 11.3. The van der Waals surface area contributed by atoms with Gasteiger partial charge >= 0.3 is 0 Å². The molecule has 2 heterocycles. The molecule has 0 radical (unpaired) electrons. The summed E-state index contributed by atoms with van der Waals surface area (Å²) >= 11 is 1.24. The average Bonchev–Trinajstić information content (AvgIpc) is 3.20. The van der Waals surface area contributed by atoms with Crippen molar-refractivity contribution in [2.24, 2.45) is 0 Å². The molecule has 0 aliphatic carbocycles. The number of terminal acetylenes is 1. The highest BCUT2D eigenvalue weighted by molar-refractivity contribution is 7.09. The maximum atomic E-state index is 12.5. The normalized spacial score (nSPS) is 16.5. The second-order valence-corrected chi connectivity index (χ2v) is 7.17. The second-order valence-electron chi connectivity index (χ2n) is 6.44. The molecule has 0 bridgehead atoms. The Balaban J connectivity index is 2.06. The van der Waals surface area contributed by atoms with E-state index in [1.165, 1.54) is 16.4 Å².